The van der Waals surface area contributed by atoms with Gasteiger partial charge in [-0.1, -0.05) is 0 Å². The van der Waals surface area contributed by atoms with Crippen LogP contribution in [0.4, 0.5) is 0 Å². The summed E-state index contributed by atoms with van der Waals surface area (Å²) >= 11 is 0. The van der Waals surface area contributed by atoms with Gasteiger partial charge < -0.3 is 14.3 Å². The molecule has 9 heteroatoms. The van der Waals surface area contributed by atoms with Gasteiger partial charge in [0.1, 0.15) is 11.6 Å². The number of nitrogens with zero attached hydrogens (tertiary/aromatic N) is 3. The highest BCUT2D eigenvalue weighted by Gasteiger charge is 2.20. The van der Waals surface area contributed by atoms with E-state index < -0.39 is 10.0 Å². The molecule has 0 bridgehead atoms. The number of carbonyl (C=O) groups is 1. The third-order valence-electron chi connectivity index (χ3n) is 5.28. The fourth-order valence-corrected chi connectivity index (χ4v) is 4.45. The van der Waals surface area contributed by atoms with Crippen LogP contribution in [0.3, 0.4) is 0 Å². The molecule has 1 atom stereocenters. The van der Waals surface area contributed by atoms with Gasteiger partial charge in [-0.05, 0) is 50.6 Å². The van der Waals surface area contributed by atoms with Crippen molar-refractivity contribution in [3.8, 4) is 0 Å². The summed E-state index contributed by atoms with van der Waals surface area (Å²) in [5.74, 6) is 1.65. The molecule has 2 heterocycles. The number of aromatic nitrogens is 2. The molecule has 8 nitrogen and oxygen atoms in total. The van der Waals surface area contributed by atoms with Crippen LogP contribution in [-0.4, -0.2) is 48.3 Å². The van der Waals surface area contributed by atoms with Gasteiger partial charge in [0.15, 0.2) is 0 Å². The Bertz CT molecular complexity index is 1130. The van der Waals surface area contributed by atoms with Gasteiger partial charge in [-0.15, -0.1) is 0 Å². The summed E-state index contributed by atoms with van der Waals surface area (Å²) in [6.45, 7) is 4.67. The number of rotatable bonds is 10. The second kappa shape index (κ2) is 9.65. The fraction of sp³-hybridized carbons (Fsp3) is 0.455. The highest BCUT2D eigenvalue weighted by molar-refractivity contribution is 7.89. The second-order valence-electron chi connectivity index (χ2n) is 7.80. The first-order valence-electron chi connectivity index (χ1n) is 10.5. The molecule has 1 amide bonds. The van der Waals surface area contributed by atoms with Crippen molar-refractivity contribution in [1.82, 2.24) is 19.2 Å². The molecule has 1 N–H and O–H groups in total. The number of aryl methyl sites for hydroxylation is 3. The molecule has 0 aliphatic carbocycles. The van der Waals surface area contributed by atoms with Crippen molar-refractivity contribution < 1.29 is 17.6 Å². The average Bonchev–Trinajstić information content (AvgIpc) is 3.37. The minimum absolute atomic E-state index is 0.0301. The average molecular weight is 447 g/mol. The second-order valence-corrected chi connectivity index (χ2v) is 9.95. The lowest BCUT2D eigenvalue weighted by atomic mass is 10.1. The lowest BCUT2D eigenvalue weighted by Gasteiger charge is -2.13. The summed E-state index contributed by atoms with van der Waals surface area (Å²) in [5.41, 5.74) is 1.48. The van der Waals surface area contributed by atoms with Gasteiger partial charge in [-0.3, -0.25) is 4.79 Å². The lowest BCUT2D eigenvalue weighted by Crippen LogP contribution is -2.33. The number of carbonyl (C=O) groups excluding carboxylic acids is 1. The molecule has 3 rings (SSSR count). The maximum absolute atomic E-state index is 12.4. The topological polar surface area (TPSA) is 97.4 Å². The maximum Gasteiger partial charge on any atom is 0.242 e. The van der Waals surface area contributed by atoms with Crippen LogP contribution in [0, 0.1) is 0 Å². The standard InChI is InChI=1S/C22H30N4O4S/c1-5-26-20-11-10-18(31(28,29)25(3)4)15-19(20)24-21(26)12-13-22(27)23-16(2)8-9-17-7-6-14-30-17/h6-7,10-11,14-16H,5,8-9,12-13H2,1-4H3,(H,23,27). The van der Waals surface area contributed by atoms with Crippen LogP contribution in [0.1, 0.15) is 38.3 Å². The van der Waals surface area contributed by atoms with E-state index in [4.69, 9.17) is 4.42 Å². The van der Waals surface area contributed by atoms with Crippen molar-refractivity contribution in [2.45, 2.75) is 57.0 Å². The smallest absolute Gasteiger partial charge is 0.242 e. The molecule has 0 fully saturated rings. The Morgan fingerprint density at radius 3 is 2.68 bits per heavy atom. The van der Waals surface area contributed by atoms with Crippen LogP contribution >= 0.6 is 0 Å². The van der Waals surface area contributed by atoms with Crippen molar-refractivity contribution in [3.63, 3.8) is 0 Å². The Balaban J connectivity index is 1.65. The predicted octanol–water partition coefficient (Wildman–Crippen LogP) is 2.97. The van der Waals surface area contributed by atoms with Crippen LogP contribution in [0.5, 0.6) is 0 Å². The van der Waals surface area contributed by atoms with Crippen LogP contribution < -0.4 is 5.32 Å². The van der Waals surface area contributed by atoms with E-state index in [1.165, 1.54) is 18.4 Å². The number of fused-ring (bicyclic) bond motifs is 1. The zero-order chi connectivity index (χ0) is 22.6. The van der Waals surface area contributed by atoms with E-state index in [1.54, 1.807) is 24.5 Å². The van der Waals surface area contributed by atoms with Crippen LogP contribution in [0.25, 0.3) is 11.0 Å². The number of hydrogen-bond acceptors (Lipinski definition) is 5. The lowest BCUT2D eigenvalue weighted by molar-refractivity contribution is -0.121. The Hall–Kier alpha value is -2.65. The molecule has 1 unspecified atom stereocenters. The number of nitrogens with one attached hydrogen (secondary N) is 1. The molecule has 0 saturated heterocycles. The van der Waals surface area contributed by atoms with E-state index in [2.05, 4.69) is 10.3 Å². The highest BCUT2D eigenvalue weighted by Crippen LogP contribution is 2.22. The zero-order valence-corrected chi connectivity index (χ0v) is 19.3. The molecule has 0 radical (unpaired) electrons. The number of amides is 1. The van der Waals surface area contributed by atoms with Gasteiger partial charge >= 0.3 is 0 Å². The molecule has 3 aromatic rings. The van der Waals surface area contributed by atoms with Gasteiger partial charge in [-0.25, -0.2) is 17.7 Å². The Kier molecular flexibility index (Phi) is 7.17. The zero-order valence-electron chi connectivity index (χ0n) is 18.5. The predicted molar refractivity (Wildman–Crippen MR) is 119 cm³/mol. The van der Waals surface area contributed by atoms with Gasteiger partial charge in [0.25, 0.3) is 0 Å². The van der Waals surface area contributed by atoms with Gasteiger partial charge in [0.05, 0.1) is 22.2 Å². The molecular formula is C22H30N4O4S. The molecule has 0 aliphatic heterocycles. The summed E-state index contributed by atoms with van der Waals surface area (Å²) in [6.07, 6.45) is 4.03. The summed E-state index contributed by atoms with van der Waals surface area (Å²) in [4.78, 5) is 17.2. The van der Waals surface area contributed by atoms with Gasteiger partial charge in [-0.2, -0.15) is 0 Å². The summed E-state index contributed by atoms with van der Waals surface area (Å²) < 4.78 is 33.4. The fourth-order valence-electron chi connectivity index (χ4n) is 3.53. The molecule has 1 aromatic carbocycles. The third-order valence-corrected chi connectivity index (χ3v) is 7.09. The van der Waals surface area contributed by atoms with E-state index in [9.17, 15) is 13.2 Å². The Morgan fingerprint density at radius 1 is 1.26 bits per heavy atom. The number of imidazole rings is 1. The van der Waals surface area contributed by atoms with Crippen LogP contribution in [-0.2, 0) is 34.2 Å². The molecule has 2 aromatic heterocycles. The minimum Gasteiger partial charge on any atom is -0.469 e. The largest absolute Gasteiger partial charge is 0.469 e. The molecule has 0 aliphatic rings. The third kappa shape index (κ3) is 5.34. The Morgan fingerprint density at radius 2 is 2.03 bits per heavy atom. The van der Waals surface area contributed by atoms with Gasteiger partial charge in [0.2, 0.25) is 15.9 Å². The first-order chi connectivity index (χ1) is 14.7. The summed E-state index contributed by atoms with van der Waals surface area (Å²) in [7, 11) is -0.519. The van der Waals surface area contributed by atoms with Crippen LogP contribution in [0.2, 0.25) is 0 Å². The molecule has 31 heavy (non-hydrogen) atoms. The minimum atomic E-state index is -3.53. The summed E-state index contributed by atoms with van der Waals surface area (Å²) in [5, 5.41) is 3.02. The number of hydrogen-bond donors (Lipinski definition) is 1. The first kappa shape index (κ1) is 23.0. The van der Waals surface area contributed by atoms with E-state index in [1.807, 2.05) is 30.5 Å². The van der Waals surface area contributed by atoms with Gasteiger partial charge in [0, 0.05) is 45.9 Å². The maximum atomic E-state index is 12.4. The molecule has 168 valence electrons. The Labute approximate surface area is 183 Å². The van der Waals surface area contributed by atoms with E-state index in [0.717, 1.165) is 29.9 Å². The highest BCUT2D eigenvalue weighted by atomic mass is 32.2. The van der Waals surface area contributed by atoms with Crippen molar-refractivity contribution >= 4 is 27.0 Å². The van der Waals surface area contributed by atoms with Crippen molar-refractivity contribution in [1.29, 1.82) is 0 Å². The molecule has 0 saturated carbocycles. The SMILES string of the molecule is CCn1c(CCC(=O)NC(C)CCc2ccco2)nc2cc(S(=O)(=O)N(C)C)ccc21. The quantitative estimate of drug-likeness (QED) is 0.516. The normalized spacial score (nSPS) is 13.1. The molecular weight excluding hydrogens is 416 g/mol. The van der Waals surface area contributed by atoms with Crippen molar-refractivity contribution in [2.24, 2.45) is 0 Å². The monoisotopic (exact) mass is 446 g/mol. The van der Waals surface area contributed by atoms with E-state index in [0.29, 0.717) is 24.9 Å². The molecule has 0 spiro atoms. The number of sulfonamides is 1. The van der Waals surface area contributed by atoms with Crippen molar-refractivity contribution in [2.75, 3.05) is 14.1 Å². The first-order valence-corrected chi connectivity index (χ1v) is 11.9. The van der Waals surface area contributed by atoms with E-state index in [-0.39, 0.29) is 16.8 Å². The summed E-state index contributed by atoms with van der Waals surface area (Å²) in [6, 6.07) is 8.81. The van der Waals surface area contributed by atoms with E-state index >= 15 is 0 Å². The van der Waals surface area contributed by atoms with Crippen LogP contribution in [0.15, 0.2) is 45.9 Å². The van der Waals surface area contributed by atoms with Crippen molar-refractivity contribution in [3.05, 3.63) is 48.2 Å². The number of benzene rings is 1. The number of furan rings is 1.